The van der Waals surface area contributed by atoms with Crippen molar-refractivity contribution in [1.29, 1.82) is 0 Å². The summed E-state index contributed by atoms with van der Waals surface area (Å²) in [5.41, 5.74) is 1.34. The lowest BCUT2D eigenvalue weighted by atomic mass is 10.1. The van der Waals surface area contributed by atoms with Gasteiger partial charge in [0.2, 0.25) is 0 Å². The van der Waals surface area contributed by atoms with Crippen LogP contribution < -0.4 is 10.1 Å². The van der Waals surface area contributed by atoms with Gasteiger partial charge in [0.15, 0.2) is 0 Å². The van der Waals surface area contributed by atoms with Crippen LogP contribution in [0.4, 0.5) is 0 Å². The number of ether oxygens (including phenoxy) is 2. The second kappa shape index (κ2) is 8.35. The number of hydrogen-bond acceptors (Lipinski definition) is 3. The first-order valence-corrected chi connectivity index (χ1v) is 6.34. The van der Waals surface area contributed by atoms with Crippen molar-refractivity contribution >= 4 is 12.4 Å². The minimum atomic E-state index is 0. The maximum Gasteiger partial charge on any atom is 0.118 e. The van der Waals surface area contributed by atoms with Crippen molar-refractivity contribution < 1.29 is 9.47 Å². The first-order valence-electron chi connectivity index (χ1n) is 6.34. The Balaban J connectivity index is 0.00000162. The van der Waals surface area contributed by atoms with Crippen molar-refractivity contribution in [2.75, 3.05) is 26.8 Å². The van der Waals surface area contributed by atoms with Crippen molar-refractivity contribution in [2.24, 2.45) is 0 Å². The minimum Gasteiger partial charge on any atom is -0.497 e. The highest BCUT2D eigenvalue weighted by Crippen LogP contribution is 2.12. The molecule has 3 nitrogen and oxygen atoms in total. The smallest absolute Gasteiger partial charge is 0.118 e. The Kier molecular flexibility index (Phi) is 7.09. The Morgan fingerprint density at radius 1 is 1.33 bits per heavy atom. The lowest BCUT2D eigenvalue weighted by Crippen LogP contribution is -2.27. The molecule has 1 unspecified atom stereocenters. The van der Waals surface area contributed by atoms with Crippen molar-refractivity contribution in [3.8, 4) is 5.75 Å². The molecule has 4 heteroatoms. The van der Waals surface area contributed by atoms with Crippen LogP contribution >= 0.6 is 12.4 Å². The van der Waals surface area contributed by atoms with Crippen LogP contribution in [0, 0.1) is 0 Å². The summed E-state index contributed by atoms with van der Waals surface area (Å²) in [6.07, 6.45) is 3.91. The predicted molar refractivity (Wildman–Crippen MR) is 75.8 cm³/mol. The van der Waals surface area contributed by atoms with E-state index < -0.39 is 0 Å². The number of benzene rings is 1. The van der Waals surface area contributed by atoms with Crippen molar-refractivity contribution in [2.45, 2.75) is 25.4 Å². The molecule has 0 amide bonds. The number of methoxy groups -OCH3 is 1. The zero-order chi connectivity index (χ0) is 11.9. The molecular formula is C14H22ClNO2. The monoisotopic (exact) mass is 271 g/mol. The van der Waals surface area contributed by atoms with Gasteiger partial charge in [0.05, 0.1) is 13.2 Å². The van der Waals surface area contributed by atoms with Gasteiger partial charge in [-0.2, -0.15) is 0 Å². The third-order valence-electron chi connectivity index (χ3n) is 3.15. The highest BCUT2D eigenvalue weighted by atomic mass is 35.5. The molecule has 1 aromatic rings. The van der Waals surface area contributed by atoms with E-state index in [9.17, 15) is 0 Å². The molecule has 0 saturated carbocycles. The van der Waals surface area contributed by atoms with Crippen molar-refractivity contribution in [1.82, 2.24) is 5.32 Å². The minimum absolute atomic E-state index is 0. The molecule has 0 radical (unpaired) electrons. The van der Waals surface area contributed by atoms with Gasteiger partial charge in [-0.3, -0.25) is 0 Å². The summed E-state index contributed by atoms with van der Waals surface area (Å²) in [4.78, 5) is 0. The van der Waals surface area contributed by atoms with Crippen LogP contribution in [-0.4, -0.2) is 32.9 Å². The average Bonchev–Trinajstić information content (AvgIpc) is 2.88. The molecule has 0 aromatic heterocycles. The van der Waals surface area contributed by atoms with Crippen LogP contribution in [0.1, 0.15) is 18.4 Å². The van der Waals surface area contributed by atoms with Crippen LogP contribution in [0.2, 0.25) is 0 Å². The van der Waals surface area contributed by atoms with E-state index in [0.29, 0.717) is 6.10 Å². The van der Waals surface area contributed by atoms with E-state index in [0.717, 1.165) is 31.9 Å². The fraction of sp³-hybridized carbons (Fsp3) is 0.571. The zero-order valence-corrected chi connectivity index (χ0v) is 11.7. The first kappa shape index (κ1) is 15.3. The highest BCUT2D eigenvalue weighted by molar-refractivity contribution is 5.85. The molecule has 1 heterocycles. The van der Waals surface area contributed by atoms with Gasteiger partial charge in [0.1, 0.15) is 5.75 Å². The molecule has 1 aromatic carbocycles. The normalized spacial score (nSPS) is 18.4. The fourth-order valence-electron chi connectivity index (χ4n) is 2.09. The van der Waals surface area contributed by atoms with Gasteiger partial charge < -0.3 is 14.8 Å². The van der Waals surface area contributed by atoms with E-state index in [-0.39, 0.29) is 12.4 Å². The molecule has 0 spiro atoms. The first-order chi connectivity index (χ1) is 8.38. The summed E-state index contributed by atoms with van der Waals surface area (Å²) in [7, 11) is 1.69. The van der Waals surface area contributed by atoms with Crippen LogP contribution in [0.3, 0.4) is 0 Å². The van der Waals surface area contributed by atoms with Crippen LogP contribution in [-0.2, 0) is 11.2 Å². The van der Waals surface area contributed by atoms with E-state index in [1.165, 1.54) is 18.4 Å². The Morgan fingerprint density at radius 2 is 2.11 bits per heavy atom. The summed E-state index contributed by atoms with van der Waals surface area (Å²) in [5, 5.41) is 3.45. The average molecular weight is 272 g/mol. The Bertz CT molecular complexity index is 323. The molecule has 1 fully saturated rings. The van der Waals surface area contributed by atoms with Gasteiger partial charge in [0.25, 0.3) is 0 Å². The third kappa shape index (κ3) is 4.84. The molecular weight excluding hydrogens is 250 g/mol. The molecule has 1 aliphatic rings. The largest absolute Gasteiger partial charge is 0.497 e. The maximum absolute atomic E-state index is 5.56. The zero-order valence-electron chi connectivity index (χ0n) is 10.9. The number of nitrogens with one attached hydrogen (secondary N) is 1. The Labute approximate surface area is 115 Å². The summed E-state index contributed by atoms with van der Waals surface area (Å²) in [5.74, 6) is 0.918. The summed E-state index contributed by atoms with van der Waals surface area (Å²) < 4.78 is 10.7. The second-order valence-corrected chi connectivity index (χ2v) is 4.44. The van der Waals surface area contributed by atoms with Gasteiger partial charge in [-0.25, -0.2) is 0 Å². The van der Waals surface area contributed by atoms with E-state index in [4.69, 9.17) is 9.47 Å². The molecule has 0 bridgehead atoms. The van der Waals surface area contributed by atoms with Gasteiger partial charge in [-0.15, -0.1) is 12.4 Å². The summed E-state index contributed by atoms with van der Waals surface area (Å²) in [6.45, 7) is 2.92. The topological polar surface area (TPSA) is 30.5 Å². The molecule has 1 N–H and O–H groups in total. The lowest BCUT2D eigenvalue weighted by Gasteiger charge is -2.10. The number of rotatable bonds is 6. The SMILES string of the molecule is COc1ccc(CCNCC2CCCO2)cc1.Cl. The maximum atomic E-state index is 5.56. The van der Waals surface area contributed by atoms with E-state index >= 15 is 0 Å². The second-order valence-electron chi connectivity index (χ2n) is 4.44. The van der Waals surface area contributed by atoms with Crippen LogP contribution in [0.5, 0.6) is 5.75 Å². The molecule has 1 atom stereocenters. The molecule has 102 valence electrons. The van der Waals surface area contributed by atoms with E-state index in [1.54, 1.807) is 7.11 Å². The summed E-state index contributed by atoms with van der Waals surface area (Å²) >= 11 is 0. The quantitative estimate of drug-likeness (QED) is 0.806. The van der Waals surface area contributed by atoms with Gasteiger partial charge in [0, 0.05) is 13.2 Å². The van der Waals surface area contributed by atoms with Crippen LogP contribution in [0.25, 0.3) is 0 Å². The standard InChI is InChI=1S/C14H21NO2.ClH/c1-16-13-6-4-12(5-7-13)8-9-15-11-14-3-2-10-17-14;/h4-7,14-15H,2-3,8-11H2,1H3;1H. The van der Waals surface area contributed by atoms with Gasteiger partial charge >= 0.3 is 0 Å². The highest BCUT2D eigenvalue weighted by Gasteiger charge is 2.14. The van der Waals surface area contributed by atoms with E-state index in [2.05, 4.69) is 17.4 Å². The molecule has 0 aliphatic carbocycles. The number of halogens is 1. The number of hydrogen-bond donors (Lipinski definition) is 1. The fourth-order valence-corrected chi connectivity index (χ4v) is 2.09. The third-order valence-corrected chi connectivity index (χ3v) is 3.15. The molecule has 18 heavy (non-hydrogen) atoms. The van der Waals surface area contributed by atoms with Gasteiger partial charge in [-0.1, -0.05) is 12.1 Å². The van der Waals surface area contributed by atoms with Crippen molar-refractivity contribution in [3.63, 3.8) is 0 Å². The molecule has 2 rings (SSSR count). The lowest BCUT2D eigenvalue weighted by molar-refractivity contribution is 0.110. The summed E-state index contributed by atoms with van der Waals surface area (Å²) in [6, 6.07) is 8.25. The van der Waals surface area contributed by atoms with Crippen LogP contribution in [0.15, 0.2) is 24.3 Å². The van der Waals surface area contributed by atoms with Gasteiger partial charge in [-0.05, 0) is 43.5 Å². The molecule has 1 saturated heterocycles. The molecule has 1 aliphatic heterocycles. The predicted octanol–water partition coefficient (Wildman–Crippen LogP) is 2.43. The van der Waals surface area contributed by atoms with E-state index in [1.807, 2.05) is 12.1 Å². The van der Waals surface area contributed by atoms with Crippen molar-refractivity contribution in [3.05, 3.63) is 29.8 Å². The Hall–Kier alpha value is -0.770. The Morgan fingerprint density at radius 3 is 2.72 bits per heavy atom.